The average Bonchev–Trinajstić information content (AvgIpc) is 2.11. The van der Waals surface area contributed by atoms with Crippen molar-refractivity contribution in [2.24, 2.45) is 11.8 Å². The zero-order valence-electron chi connectivity index (χ0n) is 10.6. The summed E-state index contributed by atoms with van der Waals surface area (Å²) in [5.41, 5.74) is -0.403. The molecule has 1 aliphatic carbocycles. The van der Waals surface area contributed by atoms with Gasteiger partial charge in [-0.3, -0.25) is 0 Å². The van der Waals surface area contributed by atoms with Crippen LogP contribution in [0.15, 0.2) is 0 Å². The topological polar surface area (TPSA) is 41.6 Å². The first-order chi connectivity index (χ1) is 7.35. The number of hydrogen-bond donors (Lipinski definition) is 1. The predicted molar refractivity (Wildman–Crippen MR) is 62.3 cm³/mol. The Hall–Kier alpha value is -0.770. The molecule has 2 bridgehead atoms. The van der Waals surface area contributed by atoms with Crippen molar-refractivity contribution >= 4 is 6.09 Å². The summed E-state index contributed by atoms with van der Waals surface area (Å²) in [5.74, 6) is 1.24. The molecule has 4 nitrogen and oxygen atoms in total. The second-order valence-electron chi connectivity index (χ2n) is 6.15. The van der Waals surface area contributed by atoms with Gasteiger partial charge < -0.3 is 15.0 Å². The van der Waals surface area contributed by atoms with Gasteiger partial charge in [0.05, 0.1) is 0 Å². The Morgan fingerprint density at radius 2 is 1.88 bits per heavy atom. The molecular formula is C12H22N2O2. The van der Waals surface area contributed by atoms with Crippen LogP contribution < -0.4 is 5.32 Å². The number of nitrogens with one attached hydrogen (secondary N) is 1. The van der Waals surface area contributed by atoms with Crippen molar-refractivity contribution in [3.05, 3.63) is 0 Å². The van der Waals surface area contributed by atoms with E-state index in [2.05, 4.69) is 17.3 Å². The third-order valence-electron chi connectivity index (χ3n) is 3.40. The van der Waals surface area contributed by atoms with Crippen LogP contribution in [0.3, 0.4) is 0 Å². The van der Waals surface area contributed by atoms with E-state index < -0.39 is 5.60 Å². The van der Waals surface area contributed by atoms with E-state index in [4.69, 9.17) is 4.74 Å². The minimum Gasteiger partial charge on any atom is -0.444 e. The molecule has 92 valence electrons. The Morgan fingerprint density at radius 1 is 1.31 bits per heavy atom. The average molecular weight is 226 g/mol. The molecule has 3 aliphatic rings. The van der Waals surface area contributed by atoms with Gasteiger partial charge >= 0.3 is 6.09 Å². The first kappa shape index (κ1) is 11.7. The predicted octanol–water partition coefficient (Wildman–Crippen LogP) is 1.46. The number of carbonyl (C=O) groups excluding carboxylic acids is 1. The summed E-state index contributed by atoms with van der Waals surface area (Å²) in [6.45, 7) is 7.86. The van der Waals surface area contributed by atoms with Crippen LogP contribution in [0.1, 0.15) is 27.2 Å². The second-order valence-corrected chi connectivity index (χ2v) is 6.15. The molecule has 2 aliphatic heterocycles. The van der Waals surface area contributed by atoms with Gasteiger partial charge in [-0.05, 0) is 46.1 Å². The summed E-state index contributed by atoms with van der Waals surface area (Å²) >= 11 is 0. The van der Waals surface area contributed by atoms with Crippen LogP contribution in [0.2, 0.25) is 0 Å². The zero-order chi connectivity index (χ0) is 11.9. The highest BCUT2D eigenvalue weighted by atomic mass is 16.6. The van der Waals surface area contributed by atoms with Gasteiger partial charge in [0.1, 0.15) is 5.60 Å². The van der Waals surface area contributed by atoms with Crippen molar-refractivity contribution in [3.8, 4) is 0 Å². The molecule has 0 aromatic heterocycles. The molecule has 1 N–H and O–H groups in total. The Balaban J connectivity index is 1.81. The van der Waals surface area contributed by atoms with Crippen molar-refractivity contribution in [1.29, 1.82) is 0 Å². The van der Waals surface area contributed by atoms with Gasteiger partial charge in [0.25, 0.3) is 0 Å². The molecule has 3 rings (SSSR count). The van der Waals surface area contributed by atoms with E-state index >= 15 is 0 Å². The normalized spacial score (nSPS) is 34.1. The number of alkyl carbamates (subject to hydrolysis) is 1. The summed E-state index contributed by atoms with van der Waals surface area (Å²) in [6, 6.07) is 0.339. The molecule has 3 fully saturated rings. The molecule has 0 spiro atoms. The van der Waals surface area contributed by atoms with E-state index in [1.165, 1.54) is 6.42 Å². The van der Waals surface area contributed by atoms with Crippen molar-refractivity contribution in [2.75, 3.05) is 20.1 Å². The van der Waals surface area contributed by atoms with E-state index in [1.54, 1.807) is 0 Å². The monoisotopic (exact) mass is 226 g/mol. The molecule has 0 aromatic carbocycles. The lowest BCUT2D eigenvalue weighted by atomic mass is 9.66. The lowest BCUT2D eigenvalue weighted by Gasteiger charge is -2.52. The number of piperidine rings is 2. The lowest BCUT2D eigenvalue weighted by molar-refractivity contribution is -0.0126. The maximum atomic E-state index is 11.6. The summed E-state index contributed by atoms with van der Waals surface area (Å²) in [5, 5.41) is 3.01. The fraction of sp³-hybridized carbons (Fsp3) is 0.917. The first-order valence-electron chi connectivity index (χ1n) is 6.03. The standard InChI is InChI=1S/C12H22N2O2/c1-12(2,3)16-11(15)13-10-8-5-9(10)7-14(4)6-8/h8-10H,5-7H2,1-4H3,(H,13,15)/t8-,9+,10?. The fourth-order valence-electron chi connectivity index (χ4n) is 2.80. The van der Waals surface area contributed by atoms with Crippen LogP contribution in [0.5, 0.6) is 0 Å². The van der Waals surface area contributed by atoms with Gasteiger partial charge in [-0.25, -0.2) is 4.79 Å². The molecule has 0 radical (unpaired) electrons. The van der Waals surface area contributed by atoms with Gasteiger partial charge in [0.2, 0.25) is 0 Å². The molecular weight excluding hydrogens is 204 g/mol. The van der Waals surface area contributed by atoms with Gasteiger partial charge in [0, 0.05) is 19.1 Å². The number of fused-ring (bicyclic) bond motifs is 2. The van der Waals surface area contributed by atoms with Gasteiger partial charge in [0.15, 0.2) is 0 Å². The molecule has 4 heteroatoms. The summed E-state index contributed by atoms with van der Waals surface area (Å²) in [6.07, 6.45) is 0.988. The SMILES string of the molecule is CN1C[C@H]2C[C@@H](C1)C2NC(=O)OC(C)(C)C. The molecule has 3 atom stereocenters. The van der Waals surface area contributed by atoms with E-state index in [0.717, 1.165) is 13.1 Å². The van der Waals surface area contributed by atoms with Crippen molar-refractivity contribution in [1.82, 2.24) is 10.2 Å². The molecule has 16 heavy (non-hydrogen) atoms. The van der Waals surface area contributed by atoms with Crippen molar-refractivity contribution in [2.45, 2.75) is 38.8 Å². The second kappa shape index (κ2) is 3.91. The van der Waals surface area contributed by atoms with E-state index in [-0.39, 0.29) is 6.09 Å². The first-order valence-corrected chi connectivity index (χ1v) is 6.03. The summed E-state index contributed by atoms with van der Waals surface area (Å²) in [4.78, 5) is 14.0. The van der Waals surface area contributed by atoms with Gasteiger partial charge in [-0.2, -0.15) is 0 Å². The molecule has 1 saturated carbocycles. The fourth-order valence-corrected chi connectivity index (χ4v) is 2.80. The molecule has 2 saturated heterocycles. The van der Waals surface area contributed by atoms with Crippen LogP contribution >= 0.6 is 0 Å². The minimum atomic E-state index is -0.403. The zero-order valence-corrected chi connectivity index (χ0v) is 10.6. The minimum absolute atomic E-state index is 0.267. The quantitative estimate of drug-likeness (QED) is 0.736. The maximum Gasteiger partial charge on any atom is 0.407 e. The van der Waals surface area contributed by atoms with Crippen LogP contribution in [0, 0.1) is 11.8 Å². The number of hydrogen-bond acceptors (Lipinski definition) is 3. The van der Waals surface area contributed by atoms with Gasteiger partial charge in [-0.1, -0.05) is 0 Å². The third-order valence-corrected chi connectivity index (χ3v) is 3.40. The Labute approximate surface area is 97.3 Å². The summed E-state index contributed by atoms with van der Waals surface area (Å²) < 4.78 is 5.27. The van der Waals surface area contributed by atoms with E-state index in [9.17, 15) is 4.79 Å². The van der Waals surface area contributed by atoms with E-state index in [0.29, 0.717) is 17.9 Å². The van der Waals surface area contributed by atoms with Crippen LogP contribution in [-0.4, -0.2) is 42.8 Å². The largest absolute Gasteiger partial charge is 0.444 e. The smallest absolute Gasteiger partial charge is 0.407 e. The van der Waals surface area contributed by atoms with Crippen molar-refractivity contribution in [3.63, 3.8) is 0 Å². The molecule has 1 unspecified atom stereocenters. The van der Waals surface area contributed by atoms with E-state index in [1.807, 2.05) is 20.8 Å². The number of amides is 1. The lowest BCUT2D eigenvalue weighted by Crippen LogP contribution is -2.63. The number of nitrogens with zero attached hydrogens (tertiary/aromatic N) is 1. The molecule has 1 amide bonds. The highest BCUT2D eigenvalue weighted by Crippen LogP contribution is 2.39. The van der Waals surface area contributed by atoms with Gasteiger partial charge in [-0.15, -0.1) is 0 Å². The maximum absolute atomic E-state index is 11.6. The number of ether oxygens (including phenoxy) is 1. The third kappa shape index (κ3) is 2.48. The van der Waals surface area contributed by atoms with Crippen LogP contribution in [0.25, 0.3) is 0 Å². The number of rotatable bonds is 1. The Bertz CT molecular complexity index is 273. The van der Waals surface area contributed by atoms with Crippen molar-refractivity contribution < 1.29 is 9.53 Å². The molecule has 0 aromatic rings. The Morgan fingerprint density at radius 3 is 2.38 bits per heavy atom. The van der Waals surface area contributed by atoms with Crippen LogP contribution in [-0.2, 0) is 4.74 Å². The summed E-state index contributed by atoms with van der Waals surface area (Å²) in [7, 11) is 2.14. The molecule has 2 heterocycles. The van der Waals surface area contributed by atoms with Crippen LogP contribution in [0.4, 0.5) is 4.79 Å². The Kier molecular flexibility index (Phi) is 2.86. The number of carbonyl (C=O) groups is 1. The highest BCUT2D eigenvalue weighted by molar-refractivity contribution is 5.68. The highest BCUT2D eigenvalue weighted by Gasteiger charge is 2.46.